The lowest BCUT2D eigenvalue weighted by Crippen LogP contribution is -2.30. The molecule has 0 aliphatic heterocycles. The van der Waals surface area contributed by atoms with Crippen LogP contribution < -0.4 is 5.32 Å². The van der Waals surface area contributed by atoms with Crippen LogP contribution in [0, 0.1) is 0 Å². The lowest BCUT2D eigenvalue weighted by Gasteiger charge is -2.15. The fourth-order valence-electron chi connectivity index (χ4n) is 1.85. The molecule has 1 aromatic carbocycles. The number of nitrogens with one attached hydrogen (secondary N) is 1. The van der Waals surface area contributed by atoms with Crippen molar-refractivity contribution in [3.63, 3.8) is 0 Å². The summed E-state index contributed by atoms with van der Waals surface area (Å²) < 4.78 is 2.13. The summed E-state index contributed by atoms with van der Waals surface area (Å²) in [6, 6.07) is 11.7. The molecular weight excluding hydrogens is 370 g/mol. The van der Waals surface area contributed by atoms with Crippen LogP contribution in [0.2, 0.25) is 0 Å². The number of hydrogen-bond donors (Lipinski definition) is 1. The number of fused-ring (bicyclic) bond motifs is 1. The van der Waals surface area contributed by atoms with Gasteiger partial charge in [0.15, 0.2) is 5.13 Å². The van der Waals surface area contributed by atoms with Crippen molar-refractivity contribution >= 4 is 60.0 Å². The van der Waals surface area contributed by atoms with Gasteiger partial charge in [-0.2, -0.15) is 0 Å². The summed E-state index contributed by atoms with van der Waals surface area (Å²) in [5.41, 5.74) is 0.905. The average molecular weight is 382 g/mol. The molecule has 0 aliphatic carbocycles. The van der Waals surface area contributed by atoms with Crippen molar-refractivity contribution in [3.05, 3.63) is 45.1 Å². The number of para-hydroxylation sites is 1. The Balaban J connectivity index is 1.67. The maximum absolute atomic E-state index is 12.2. The number of aromatic nitrogens is 1. The zero-order chi connectivity index (χ0) is 14.8. The van der Waals surface area contributed by atoms with Gasteiger partial charge < -0.3 is 4.90 Å². The van der Waals surface area contributed by atoms with Crippen molar-refractivity contribution in [2.45, 2.75) is 6.54 Å². The molecule has 3 aromatic rings. The third-order valence-corrected chi connectivity index (χ3v) is 5.44. The van der Waals surface area contributed by atoms with E-state index >= 15 is 0 Å². The molecule has 2 amide bonds. The lowest BCUT2D eigenvalue weighted by atomic mass is 10.3. The van der Waals surface area contributed by atoms with Crippen LogP contribution in [0.4, 0.5) is 9.93 Å². The summed E-state index contributed by atoms with van der Waals surface area (Å²) in [5.74, 6) is 0. The van der Waals surface area contributed by atoms with Crippen LogP contribution in [0.5, 0.6) is 0 Å². The van der Waals surface area contributed by atoms with E-state index in [-0.39, 0.29) is 6.03 Å². The first kappa shape index (κ1) is 14.5. The highest BCUT2D eigenvalue weighted by Gasteiger charge is 2.13. The van der Waals surface area contributed by atoms with Crippen LogP contribution in [-0.4, -0.2) is 23.0 Å². The minimum absolute atomic E-state index is 0.154. The average Bonchev–Trinajstić information content (AvgIpc) is 3.04. The molecule has 108 valence electrons. The largest absolute Gasteiger partial charge is 0.323 e. The van der Waals surface area contributed by atoms with Crippen LogP contribution in [-0.2, 0) is 6.54 Å². The zero-order valence-corrected chi connectivity index (χ0v) is 14.4. The van der Waals surface area contributed by atoms with Crippen molar-refractivity contribution in [2.75, 3.05) is 12.4 Å². The second kappa shape index (κ2) is 6.13. The molecule has 2 aromatic heterocycles. The number of urea groups is 1. The predicted molar refractivity (Wildman–Crippen MR) is 92.1 cm³/mol. The van der Waals surface area contributed by atoms with Gasteiger partial charge in [-0.05, 0) is 40.2 Å². The van der Waals surface area contributed by atoms with Gasteiger partial charge in [0.2, 0.25) is 0 Å². The highest BCUT2D eigenvalue weighted by molar-refractivity contribution is 9.11. The SMILES string of the molecule is CN(Cc1ccc(Br)s1)C(=O)Nc1nc2ccccc2s1. The summed E-state index contributed by atoms with van der Waals surface area (Å²) in [5, 5.41) is 3.47. The second-order valence-electron chi connectivity index (χ2n) is 4.48. The number of carbonyl (C=O) groups excluding carboxylic acids is 1. The number of anilines is 1. The van der Waals surface area contributed by atoms with E-state index in [9.17, 15) is 4.79 Å². The third-order valence-electron chi connectivity index (χ3n) is 2.88. The molecule has 0 atom stereocenters. The number of amides is 2. The van der Waals surface area contributed by atoms with Gasteiger partial charge in [0, 0.05) is 11.9 Å². The van der Waals surface area contributed by atoms with Gasteiger partial charge in [-0.1, -0.05) is 23.5 Å². The van der Waals surface area contributed by atoms with E-state index in [1.54, 1.807) is 23.3 Å². The standard InChI is InChI=1S/C14H12BrN3OS2/c1-18(8-9-6-7-12(15)20-9)14(19)17-13-16-10-4-2-3-5-11(10)21-13/h2-7H,8H2,1H3,(H,16,17,19). The Morgan fingerprint density at radius 1 is 1.29 bits per heavy atom. The van der Waals surface area contributed by atoms with Crippen LogP contribution in [0.3, 0.4) is 0 Å². The Bertz CT molecular complexity index is 750. The number of thiazole rings is 1. The smallest absolute Gasteiger partial charge is 0.322 e. The zero-order valence-electron chi connectivity index (χ0n) is 11.2. The van der Waals surface area contributed by atoms with E-state index in [4.69, 9.17) is 0 Å². The number of hydrogen-bond acceptors (Lipinski definition) is 4. The van der Waals surface area contributed by atoms with E-state index in [1.165, 1.54) is 11.3 Å². The summed E-state index contributed by atoms with van der Waals surface area (Å²) in [6.07, 6.45) is 0. The maximum atomic E-state index is 12.2. The van der Waals surface area contributed by atoms with Gasteiger partial charge in [0.25, 0.3) is 0 Å². The van der Waals surface area contributed by atoms with Crippen molar-refractivity contribution in [1.82, 2.24) is 9.88 Å². The highest BCUT2D eigenvalue weighted by atomic mass is 79.9. The van der Waals surface area contributed by atoms with E-state index < -0.39 is 0 Å². The predicted octanol–water partition coefficient (Wildman–Crippen LogP) is 4.78. The lowest BCUT2D eigenvalue weighted by molar-refractivity contribution is 0.221. The van der Waals surface area contributed by atoms with Gasteiger partial charge in [-0.25, -0.2) is 9.78 Å². The number of thiophene rings is 1. The molecular formula is C14H12BrN3OS2. The first-order chi connectivity index (χ1) is 10.1. The maximum Gasteiger partial charge on any atom is 0.323 e. The number of nitrogens with zero attached hydrogens (tertiary/aromatic N) is 2. The molecule has 7 heteroatoms. The molecule has 0 fully saturated rings. The minimum Gasteiger partial charge on any atom is -0.322 e. The number of halogens is 1. The van der Waals surface area contributed by atoms with Crippen molar-refractivity contribution in [3.8, 4) is 0 Å². The molecule has 0 unspecified atom stereocenters. The highest BCUT2D eigenvalue weighted by Crippen LogP contribution is 2.26. The van der Waals surface area contributed by atoms with Gasteiger partial charge in [0.05, 0.1) is 20.5 Å². The summed E-state index contributed by atoms with van der Waals surface area (Å²) >= 11 is 6.53. The third kappa shape index (κ3) is 3.42. The summed E-state index contributed by atoms with van der Waals surface area (Å²) in [4.78, 5) is 19.3. The normalized spacial score (nSPS) is 10.8. The second-order valence-corrected chi connectivity index (χ2v) is 8.06. The molecule has 0 aliphatic rings. The number of carbonyl (C=O) groups is 1. The van der Waals surface area contributed by atoms with Crippen LogP contribution >= 0.6 is 38.6 Å². The molecule has 0 bridgehead atoms. The Kier molecular flexibility index (Phi) is 4.23. The Hall–Kier alpha value is -1.44. The molecule has 3 rings (SSSR count). The quantitative estimate of drug-likeness (QED) is 0.708. The molecule has 21 heavy (non-hydrogen) atoms. The summed E-state index contributed by atoms with van der Waals surface area (Å²) in [7, 11) is 1.77. The molecule has 2 heterocycles. The van der Waals surface area contributed by atoms with E-state index in [0.717, 1.165) is 18.9 Å². The Labute approximate surface area is 138 Å². The first-order valence-corrected chi connectivity index (χ1v) is 8.66. The fourth-order valence-corrected chi connectivity index (χ4v) is 4.25. The van der Waals surface area contributed by atoms with Gasteiger partial charge in [0.1, 0.15) is 0 Å². The Morgan fingerprint density at radius 3 is 2.81 bits per heavy atom. The number of benzene rings is 1. The topological polar surface area (TPSA) is 45.2 Å². The van der Waals surface area contributed by atoms with Crippen molar-refractivity contribution in [2.24, 2.45) is 0 Å². The molecule has 1 N–H and O–H groups in total. The Morgan fingerprint density at radius 2 is 2.10 bits per heavy atom. The van der Waals surface area contributed by atoms with Gasteiger partial charge in [-0.3, -0.25) is 5.32 Å². The van der Waals surface area contributed by atoms with Crippen molar-refractivity contribution < 1.29 is 4.79 Å². The van der Waals surface area contributed by atoms with E-state index in [0.29, 0.717) is 11.7 Å². The monoisotopic (exact) mass is 381 g/mol. The number of rotatable bonds is 3. The van der Waals surface area contributed by atoms with Crippen LogP contribution in [0.1, 0.15) is 4.88 Å². The molecule has 0 saturated carbocycles. The van der Waals surface area contributed by atoms with Crippen LogP contribution in [0.15, 0.2) is 40.2 Å². The van der Waals surface area contributed by atoms with Crippen molar-refractivity contribution in [1.29, 1.82) is 0 Å². The minimum atomic E-state index is -0.154. The van der Waals surface area contributed by atoms with Crippen LogP contribution in [0.25, 0.3) is 10.2 Å². The van der Waals surface area contributed by atoms with E-state index in [1.807, 2.05) is 36.4 Å². The van der Waals surface area contributed by atoms with Gasteiger partial charge >= 0.3 is 6.03 Å². The van der Waals surface area contributed by atoms with Gasteiger partial charge in [-0.15, -0.1) is 11.3 Å². The molecule has 0 radical (unpaired) electrons. The first-order valence-electron chi connectivity index (χ1n) is 6.24. The van der Waals surface area contributed by atoms with E-state index in [2.05, 4.69) is 26.2 Å². The summed E-state index contributed by atoms with van der Waals surface area (Å²) in [6.45, 7) is 0.576. The molecule has 0 saturated heterocycles. The fraction of sp³-hybridized carbons (Fsp3) is 0.143. The molecule has 0 spiro atoms. The molecule has 4 nitrogen and oxygen atoms in total.